The molecule has 5 nitrogen and oxygen atoms in total. The molecule has 1 heterocycles. The molecule has 0 unspecified atom stereocenters. The maximum atomic E-state index is 11.1. The quantitative estimate of drug-likeness (QED) is 0.893. The Kier molecular flexibility index (Phi) is 2.59. The molecule has 1 aromatic heterocycles. The van der Waals surface area contributed by atoms with Crippen molar-refractivity contribution in [2.45, 2.75) is 19.3 Å². The van der Waals surface area contributed by atoms with E-state index in [1.165, 1.54) is 18.9 Å². The lowest BCUT2D eigenvalue weighted by molar-refractivity contribution is 0.0697. The fraction of sp³-hybridized carbons (Fsp3) is 0.308. The standard InChI is InChI=1S/C13H12N2O3/c16-13(17)10-4-2-1-3-9(10)12-14-11(15-18-12)7-8-5-6-8/h1-4,8H,5-7H2,(H,16,17). The monoisotopic (exact) mass is 244 g/mol. The number of nitrogens with zero attached hydrogens (tertiary/aromatic N) is 2. The smallest absolute Gasteiger partial charge is 0.336 e. The number of benzene rings is 1. The van der Waals surface area contributed by atoms with E-state index in [1.807, 2.05) is 0 Å². The Hall–Kier alpha value is -2.17. The predicted molar refractivity (Wildman–Crippen MR) is 63.1 cm³/mol. The van der Waals surface area contributed by atoms with E-state index in [2.05, 4.69) is 10.1 Å². The van der Waals surface area contributed by atoms with Crippen LogP contribution in [0.2, 0.25) is 0 Å². The molecule has 0 amide bonds. The topological polar surface area (TPSA) is 76.2 Å². The number of carbonyl (C=O) groups is 1. The summed E-state index contributed by atoms with van der Waals surface area (Å²) < 4.78 is 5.15. The van der Waals surface area contributed by atoms with Crippen molar-refractivity contribution in [3.05, 3.63) is 35.7 Å². The Labute approximate surface area is 103 Å². The van der Waals surface area contributed by atoms with Gasteiger partial charge in [0.15, 0.2) is 5.82 Å². The van der Waals surface area contributed by atoms with E-state index in [4.69, 9.17) is 9.63 Å². The van der Waals surface area contributed by atoms with Crippen LogP contribution in [0.4, 0.5) is 0 Å². The van der Waals surface area contributed by atoms with Crippen LogP contribution in [0.3, 0.4) is 0 Å². The van der Waals surface area contributed by atoms with Crippen molar-refractivity contribution in [2.75, 3.05) is 0 Å². The van der Waals surface area contributed by atoms with E-state index in [1.54, 1.807) is 18.2 Å². The van der Waals surface area contributed by atoms with Gasteiger partial charge in [0, 0.05) is 6.42 Å². The van der Waals surface area contributed by atoms with Gasteiger partial charge in [-0.25, -0.2) is 4.79 Å². The molecule has 5 heteroatoms. The molecule has 0 saturated heterocycles. The van der Waals surface area contributed by atoms with Gasteiger partial charge in [0.2, 0.25) is 0 Å². The summed E-state index contributed by atoms with van der Waals surface area (Å²) in [6.45, 7) is 0. The third-order valence-electron chi connectivity index (χ3n) is 3.02. The maximum Gasteiger partial charge on any atom is 0.336 e. The van der Waals surface area contributed by atoms with E-state index >= 15 is 0 Å². The molecule has 3 rings (SSSR count). The third-order valence-corrected chi connectivity index (χ3v) is 3.02. The van der Waals surface area contributed by atoms with Gasteiger partial charge in [-0.2, -0.15) is 4.98 Å². The summed E-state index contributed by atoms with van der Waals surface area (Å²) in [6, 6.07) is 6.64. The number of carboxylic acid groups (broad SMARTS) is 1. The Morgan fingerprint density at radius 2 is 2.17 bits per heavy atom. The fourth-order valence-corrected chi connectivity index (χ4v) is 1.88. The Bertz CT molecular complexity index is 587. The first-order valence-electron chi connectivity index (χ1n) is 5.89. The van der Waals surface area contributed by atoms with E-state index in [-0.39, 0.29) is 11.5 Å². The highest BCUT2D eigenvalue weighted by Gasteiger charge is 2.24. The molecular formula is C13H12N2O3. The van der Waals surface area contributed by atoms with E-state index in [0.29, 0.717) is 17.3 Å². The summed E-state index contributed by atoms with van der Waals surface area (Å²) in [5.41, 5.74) is 0.652. The lowest BCUT2D eigenvalue weighted by Gasteiger charge is -1.99. The lowest BCUT2D eigenvalue weighted by atomic mass is 10.1. The van der Waals surface area contributed by atoms with Gasteiger partial charge in [0.05, 0.1) is 11.1 Å². The second-order valence-electron chi connectivity index (χ2n) is 4.51. The van der Waals surface area contributed by atoms with Gasteiger partial charge in [-0.3, -0.25) is 0 Å². The minimum absolute atomic E-state index is 0.180. The van der Waals surface area contributed by atoms with Gasteiger partial charge >= 0.3 is 5.97 Å². The molecule has 1 fully saturated rings. The summed E-state index contributed by atoms with van der Waals surface area (Å²) >= 11 is 0. The highest BCUT2D eigenvalue weighted by molar-refractivity contribution is 5.94. The van der Waals surface area contributed by atoms with Crippen molar-refractivity contribution in [3.8, 4) is 11.5 Å². The minimum atomic E-state index is -0.993. The van der Waals surface area contributed by atoms with E-state index in [0.717, 1.165) is 6.42 Å². The highest BCUT2D eigenvalue weighted by atomic mass is 16.5. The molecule has 0 radical (unpaired) electrons. The number of aromatic nitrogens is 2. The molecule has 1 aliphatic carbocycles. The Morgan fingerprint density at radius 1 is 1.39 bits per heavy atom. The van der Waals surface area contributed by atoms with Crippen molar-refractivity contribution in [3.63, 3.8) is 0 Å². The fourth-order valence-electron chi connectivity index (χ4n) is 1.88. The van der Waals surface area contributed by atoms with Crippen LogP contribution in [-0.4, -0.2) is 21.2 Å². The van der Waals surface area contributed by atoms with Crippen molar-refractivity contribution >= 4 is 5.97 Å². The first-order valence-corrected chi connectivity index (χ1v) is 5.89. The van der Waals surface area contributed by atoms with Gasteiger partial charge in [0.25, 0.3) is 5.89 Å². The number of aromatic carboxylic acids is 1. The zero-order valence-corrected chi connectivity index (χ0v) is 9.67. The van der Waals surface area contributed by atoms with Crippen LogP contribution >= 0.6 is 0 Å². The third kappa shape index (κ3) is 2.11. The van der Waals surface area contributed by atoms with E-state index < -0.39 is 5.97 Å². The van der Waals surface area contributed by atoms with Gasteiger partial charge in [0.1, 0.15) is 0 Å². The average Bonchev–Trinajstić information content (AvgIpc) is 3.05. The van der Waals surface area contributed by atoms with Gasteiger partial charge in [-0.1, -0.05) is 17.3 Å². The van der Waals surface area contributed by atoms with Crippen LogP contribution in [0.1, 0.15) is 29.0 Å². The van der Waals surface area contributed by atoms with Gasteiger partial charge in [-0.15, -0.1) is 0 Å². The number of carboxylic acids is 1. The molecular weight excluding hydrogens is 232 g/mol. The van der Waals surface area contributed by atoms with Crippen molar-refractivity contribution in [2.24, 2.45) is 5.92 Å². The molecule has 92 valence electrons. The Morgan fingerprint density at radius 3 is 2.89 bits per heavy atom. The molecule has 0 atom stereocenters. The lowest BCUT2D eigenvalue weighted by Crippen LogP contribution is -1.99. The van der Waals surface area contributed by atoms with Crippen LogP contribution in [0.25, 0.3) is 11.5 Å². The van der Waals surface area contributed by atoms with Crippen LogP contribution < -0.4 is 0 Å². The first-order chi connectivity index (χ1) is 8.74. The normalized spacial score (nSPS) is 14.7. The zero-order chi connectivity index (χ0) is 12.5. The van der Waals surface area contributed by atoms with Crippen LogP contribution in [0.5, 0.6) is 0 Å². The van der Waals surface area contributed by atoms with Crippen molar-refractivity contribution < 1.29 is 14.4 Å². The summed E-state index contributed by atoms with van der Waals surface area (Å²) in [5.74, 6) is 0.619. The molecule has 0 bridgehead atoms. The molecule has 1 aliphatic rings. The van der Waals surface area contributed by atoms with Gasteiger partial charge in [-0.05, 0) is 30.9 Å². The summed E-state index contributed by atoms with van der Waals surface area (Å²) in [5, 5.41) is 13.0. The maximum absolute atomic E-state index is 11.1. The average molecular weight is 244 g/mol. The molecule has 0 aliphatic heterocycles. The minimum Gasteiger partial charge on any atom is -0.478 e. The second-order valence-corrected chi connectivity index (χ2v) is 4.51. The molecule has 0 spiro atoms. The molecule has 1 aromatic carbocycles. The SMILES string of the molecule is O=C(O)c1ccccc1-c1nc(CC2CC2)no1. The highest BCUT2D eigenvalue weighted by Crippen LogP contribution is 2.32. The predicted octanol–water partition coefficient (Wildman–Crippen LogP) is 2.39. The van der Waals surface area contributed by atoms with Crippen LogP contribution in [0, 0.1) is 5.92 Å². The van der Waals surface area contributed by atoms with Crippen molar-refractivity contribution in [1.29, 1.82) is 0 Å². The zero-order valence-electron chi connectivity index (χ0n) is 9.67. The summed E-state index contributed by atoms with van der Waals surface area (Å²) in [7, 11) is 0. The number of hydrogen-bond acceptors (Lipinski definition) is 4. The van der Waals surface area contributed by atoms with Crippen LogP contribution in [-0.2, 0) is 6.42 Å². The summed E-state index contributed by atoms with van der Waals surface area (Å²) in [6.07, 6.45) is 3.25. The number of rotatable bonds is 4. The number of hydrogen-bond donors (Lipinski definition) is 1. The van der Waals surface area contributed by atoms with E-state index in [9.17, 15) is 4.79 Å². The summed E-state index contributed by atoms with van der Waals surface area (Å²) in [4.78, 5) is 15.4. The van der Waals surface area contributed by atoms with Crippen molar-refractivity contribution in [1.82, 2.24) is 10.1 Å². The molecule has 1 N–H and O–H groups in total. The Balaban J connectivity index is 1.93. The van der Waals surface area contributed by atoms with Crippen LogP contribution in [0.15, 0.2) is 28.8 Å². The first kappa shape index (κ1) is 11.0. The second kappa shape index (κ2) is 4.25. The molecule has 18 heavy (non-hydrogen) atoms. The molecule has 1 saturated carbocycles. The largest absolute Gasteiger partial charge is 0.478 e. The van der Waals surface area contributed by atoms with Gasteiger partial charge < -0.3 is 9.63 Å². The molecule has 2 aromatic rings.